The van der Waals surface area contributed by atoms with E-state index in [0.717, 1.165) is 17.8 Å². The Morgan fingerprint density at radius 1 is 1.50 bits per heavy atom. The van der Waals surface area contributed by atoms with Crippen LogP contribution in [0.1, 0.15) is 22.2 Å². The van der Waals surface area contributed by atoms with E-state index < -0.39 is 0 Å². The van der Waals surface area contributed by atoms with Crippen LogP contribution >= 0.6 is 22.9 Å². The summed E-state index contributed by atoms with van der Waals surface area (Å²) in [5, 5.41) is 0.410. The summed E-state index contributed by atoms with van der Waals surface area (Å²) in [6, 6.07) is 4.39. The highest BCUT2D eigenvalue weighted by molar-refractivity contribution is 7.09. The van der Waals surface area contributed by atoms with E-state index in [-0.39, 0.29) is 11.9 Å². The lowest BCUT2D eigenvalue weighted by Crippen LogP contribution is -2.30. The number of halogens is 2. The number of likely N-dealkylation sites (N-methyl/N-ethyl adjacent to an activating group) is 1. The van der Waals surface area contributed by atoms with Crippen LogP contribution in [-0.4, -0.2) is 23.5 Å². The van der Waals surface area contributed by atoms with Crippen LogP contribution in [0.15, 0.2) is 23.7 Å². The minimum absolute atomic E-state index is 0.0513. The monoisotopic (exact) mass is 313 g/mol. The van der Waals surface area contributed by atoms with Crippen molar-refractivity contribution in [3.63, 3.8) is 0 Å². The maximum atomic E-state index is 13.1. The standard InChI is InChI=1S/C14H17ClFN3S/c1-9-14(20-8-18-9)7-19(2)13(6-17)11-4-3-10(16)5-12(11)15/h3-5,8,13H,6-7,17H2,1-2H3. The number of nitrogens with zero attached hydrogens (tertiary/aromatic N) is 2. The summed E-state index contributed by atoms with van der Waals surface area (Å²) >= 11 is 7.75. The molecule has 2 rings (SSSR count). The molecule has 0 radical (unpaired) electrons. The van der Waals surface area contributed by atoms with Gasteiger partial charge in [0.15, 0.2) is 0 Å². The number of hydrogen-bond donors (Lipinski definition) is 1. The minimum atomic E-state index is -0.338. The van der Waals surface area contributed by atoms with Crippen molar-refractivity contribution in [3.8, 4) is 0 Å². The van der Waals surface area contributed by atoms with Crippen LogP contribution in [-0.2, 0) is 6.54 Å². The number of hydrogen-bond acceptors (Lipinski definition) is 4. The van der Waals surface area contributed by atoms with E-state index in [1.165, 1.54) is 17.0 Å². The second-order valence-corrected chi connectivity index (χ2v) is 6.04. The third-order valence-electron chi connectivity index (χ3n) is 3.31. The van der Waals surface area contributed by atoms with E-state index in [4.69, 9.17) is 17.3 Å². The molecule has 1 atom stereocenters. The third-order valence-corrected chi connectivity index (χ3v) is 4.56. The molecule has 6 heteroatoms. The summed E-state index contributed by atoms with van der Waals surface area (Å²) in [7, 11) is 1.98. The Bertz CT molecular complexity index is 588. The van der Waals surface area contributed by atoms with Gasteiger partial charge in [0.25, 0.3) is 0 Å². The number of rotatable bonds is 5. The van der Waals surface area contributed by atoms with Crippen LogP contribution in [0.25, 0.3) is 0 Å². The maximum Gasteiger partial charge on any atom is 0.124 e. The van der Waals surface area contributed by atoms with Crippen molar-refractivity contribution >= 4 is 22.9 Å². The van der Waals surface area contributed by atoms with E-state index in [1.807, 2.05) is 19.5 Å². The molecule has 0 fully saturated rings. The average molecular weight is 314 g/mol. The van der Waals surface area contributed by atoms with Gasteiger partial charge in [0.2, 0.25) is 0 Å². The number of thiazole rings is 1. The van der Waals surface area contributed by atoms with Crippen LogP contribution in [0.4, 0.5) is 4.39 Å². The summed E-state index contributed by atoms with van der Waals surface area (Å²) in [4.78, 5) is 7.55. The van der Waals surface area contributed by atoms with E-state index >= 15 is 0 Å². The Hall–Kier alpha value is -1.01. The lowest BCUT2D eigenvalue weighted by atomic mass is 10.1. The van der Waals surface area contributed by atoms with E-state index in [9.17, 15) is 4.39 Å². The molecule has 0 saturated carbocycles. The fraction of sp³-hybridized carbons (Fsp3) is 0.357. The Morgan fingerprint density at radius 3 is 2.80 bits per heavy atom. The van der Waals surface area contributed by atoms with Crippen molar-refractivity contribution in [3.05, 3.63) is 50.7 Å². The highest BCUT2D eigenvalue weighted by Gasteiger charge is 2.19. The first-order valence-corrected chi connectivity index (χ1v) is 7.53. The van der Waals surface area contributed by atoms with Crippen LogP contribution < -0.4 is 5.73 Å². The molecule has 3 nitrogen and oxygen atoms in total. The fourth-order valence-corrected chi connectivity index (χ4v) is 3.26. The summed E-state index contributed by atoms with van der Waals surface area (Å²) < 4.78 is 13.1. The van der Waals surface area contributed by atoms with Gasteiger partial charge in [0, 0.05) is 29.0 Å². The third kappa shape index (κ3) is 3.35. The van der Waals surface area contributed by atoms with E-state index in [1.54, 1.807) is 17.4 Å². The van der Waals surface area contributed by atoms with Crippen LogP contribution in [0, 0.1) is 12.7 Å². The number of benzene rings is 1. The van der Waals surface area contributed by atoms with Gasteiger partial charge in [-0.25, -0.2) is 9.37 Å². The number of aromatic nitrogens is 1. The molecule has 2 N–H and O–H groups in total. The van der Waals surface area contributed by atoms with Gasteiger partial charge in [-0.2, -0.15) is 0 Å². The van der Waals surface area contributed by atoms with Gasteiger partial charge in [-0.15, -0.1) is 11.3 Å². The summed E-state index contributed by atoms with van der Waals surface area (Å²) in [5.74, 6) is -0.338. The van der Waals surface area contributed by atoms with Crippen molar-refractivity contribution < 1.29 is 4.39 Å². The molecule has 0 spiro atoms. The minimum Gasteiger partial charge on any atom is -0.329 e. The quantitative estimate of drug-likeness (QED) is 0.920. The molecule has 20 heavy (non-hydrogen) atoms. The molecule has 1 unspecified atom stereocenters. The zero-order valence-electron chi connectivity index (χ0n) is 11.4. The van der Waals surface area contributed by atoms with Crippen molar-refractivity contribution in [2.75, 3.05) is 13.6 Å². The lowest BCUT2D eigenvalue weighted by molar-refractivity contribution is 0.243. The highest BCUT2D eigenvalue weighted by atomic mass is 35.5. The van der Waals surface area contributed by atoms with Gasteiger partial charge >= 0.3 is 0 Å². The average Bonchev–Trinajstić information content (AvgIpc) is 2.78. The SMILES string of the molecule is Cc1ncsc1CN(C)C(CN)c1ccc(F)cc1Cl. The highest BCUT2D eigenvalue weighted by Crippen LogP contribution is 2.28. The van der Waals surface area contributed by atoms with Crippen LogP contribution in [0.5, 0.6) is 0 Å². The molecular weight excluding hydrogens is 297 g/mol. The fourth-order valence-electron chi connectivity index (χ4n) is 2.13. The molecule has 1 aromatic heterocycles. The topological polar surface area (TPSA) is 42.2 Å². The Morgan fingerprint density at radius 2 is 2.25 bits per heavy atom. The summed E-state index contributed by atoms with van der Waals surface area (Å²) in [5.41, 5.74) is 9.59. The molecular formula is C14H17ClFN3S. The first-order valence-electron chi connectivity index (χ1n) is 6.27. The molecule has 1 aromatic carbocycles. The largest absolute Gasteiger partial charge is 0.329 e. The predicted octanol–water partition coefficient (Wildman–Crippen LogP) is 3.38. The first kappa shape index (κ1) is 15.4. The first-order chi connectivity index (χ1) is 9.52. The van der Waals surface area contributed by atoms with Crippen molar-refractivity contribution in [2.24, 2.45) is 5.73 Å². The van der Waals surface area contributed by atoms with Crippen LogP contribution in [0.2, 0.25) is 5.02 Å². The molecule has 0 bridgehead atoms. The van der Waals surface area contributed by atoms with E-state index in [0.29, 0.717) is 11.6 Å². The van der Waals surface area contributed by atoms with Crippen molar-refractivity contribution in [1.29, 1.82) is 0 Å². The van der Waals surface area contributed by atoms with Crippen LogP contribution in [0.3, 0.4) is 0 Å². The molecule has 1 heterocycles. The van der Waals surface area contributed by atoms with Gasteiger partial charge in [0.05, 0.1) is 11.2 Å². The van der Waals surface area contributed by atoms with Gasteiger partial charge < -0.3 is 5.73 Å². The molecule has 0 amide bonds. The van der Waals surface area contributed by atoms with Gasteiger partial charge in [-0.3, -0.25) is 4.90 Å². The van der Waals surface area contributed by atoms with Gasteiger partial charge in [-0.05, 0) is 31.7 Å². The molecule has 0 saturated heterocycles. The molecule has 0 aliphatic carbocycles. The second kappa shape index (κ2) is 6.63. The molecule has 0 aliphatic rings. The van der Waals surface area contributed by atoms with Gasteiger partial charge in [0.1, 0.15) is 5.82 Å². The Kier molecular flexibility index (Phi) is 5.10. The normalized spacial score (nSPS) is 12.9. The van der Waals surface area contributed by atoms with Crippen molar-refractivity contribution in [1.82, 2.24) is 9.88 Å². The Balaban J connectivity index is 2.21. The van der Waals surface area contributed by atoms with Gasteiger partial charge in [-0.1, -0.05) is 17.7 Å². The van der Waals surface area contributed by atoms with Crippen molar-refractivity contribution in [2.45, 2.75) is 19.5 Å². The van der Waals surface area contributed by atoms with E-state index in [2.05, 4.69) is 9.88 Å². The predicted molar refractivity (Wildman–Crippen MR) is 81.5 cm³/mol. The lowest BCUT2D eigenvalue weighted by Gasteiger charge is -2.27. The zero-order chi connectivity index (χ0) is 14.7. The molecule has 0 aliphatic heterocycles. The second-order valence-electron chi connectivity index (χ2n) is 4.69. The summed E-state index contributed by atoms with van der Waals surface area (Å²) in [6.07, 6.45) is 0. The smallest absolute Gasteiger partial charge is 0.124 e. The number of aryl methyl sites for hydroxylation is 1. The zero-order valence-corrected chi connectivity index (χ0v) is 13.0. The molecule has 2 aromatic rings. The maximum absolute atomic E-state index is 13.1. The molecule has 108 valence electrons. The Labute approximate surface area is 127 Å². The number of nitrogens with two attached hydrogens (primary N) is 1. The summed E-state index contributed by atoms with van der Waals surface area (Å²) in [6.45, 7) is 3.15.